The van der Waals surface area contributed by atoms with Crippen molar-refractivity contribution >= 4 is 29.1 Å². The molecular formula is C22H25ClN2O2. The van der Waals surface area contributed by atoms with Gasteiger partial charge in [-0.1, -0.05) is 48.9 Å². The monoisotopic (exact) mass is 384 g/mol. The van der Waals surface area contributed by atoms with Gasteiger partial charge < -0.3 is 10.2 Å². The standard InChI is InChI=1S/C22H25ClN2O2/c1-3-17-6-4-5-15(2)21(17)25-14-18(13-20(25)26)22(27)24-12-11-16-7-9-19(23)10-8-16/h4-10,18H,3,11-14H2,1-2H3,(H,24,27). The maximum Gasteiger partial charge on any atom is 0.227 e. The Hall–Kier alpha value is -2.33. The molecule has 2 aromatic carbocycles. The molecule has 5 heteroatoms. The van der Waals surface area contributed by atoms with Gasteiger partial charge in [0.05, 0.1) is 5.92 Å². The van der Waals surface area contributed by atoms with Gasteiger partial charge in [-0.15, -0.1) is 0 Å². The fourth-order valence-corrected chi connectivity index (χ4v) is 3.74. The molecule has 0 aliphatic carbocycles. The molecule has 0 bridgehead atoms. The molecule has 4 nitrogen and oxygen atoms in total. The van der Waals surface area contributed by atoms with E-state index < -0.39 is 0 Å². The van der Waals surface area contributed by atoms with E-state index in [9.17, 15) is 9.59 Å². The molecule has 1 unspecified atom stereocenters. The normalized spacial score (nSPS) is 16.6. The Bertz CT molecular complexity index is 833. The van der Waals surface area contributed by atoms with Crippen LogP contribution >= 0.6 is 11.6 Å². The van der Waals surface area contributed by atoms with Crippen LogP contribution in [0.3, 0.4) is 0 Å². The Morgan fingerprint density at radius 2 is 1.96 bits per heavy atom. The summed E-state index contributed by atoms with van der Waals surface area (Å²) in [7, 11) is 0. The van der Waals surface area contributed by atoms with Crippen molar-refractivity contribution in [2.24, 2.45) is 5.92 Å². The number of nitrogens with one attached hydrogen (secondary N) is 1. The van der Waals surface area contributed by atoms with Gasteiger partial charge in [0.1, 0.15) is 0 Å². The average molecular weight is 385 g/mol. The van der Waals surface area contributed by atoms with Gasteiger partial charge in [0.15, 0.2) is 0 Å². The molecule has 142 valence electrons. The lowest BCUT2D eigenvalue weighted by Crippen LogP contribution is -2.34. The van der Waals surface area contributed by atoms with Crippen LogP contribution in [0.1, 0.15) is 30.0 Å². The van der Waals surface area contributed by atoms with E-state index >= 15 is 0 Å². The lowest BCUT2D eigenvalue weighted by atomic mass is 10.0. The summed E-state index contributed by atoms with van der Waals surface area (Å²) in [6.07, 6.45) is 1.87. The number of amides is 2. The second kappa shape index (κ2) is 8.57. The molecule has 0 radical (unpaired) electrons. The van der Waals surface area contributed by atoms with Crippen molar-refractivity contribution in [3.63, 3.8) is 0 Å². The van der Waals surface area contributed by atoms with Gasteiger partial charge in [0, 0.05) is 30.2 Å². The Morgan fingerprint density at radius 3 is 2.67 bits per heavy atom. The summed E-state index contributed by atoms with van der Waals surface area (Å²) in [5.41, 5.74) is 4.32. The maximum absolute atomic E-state index is 12.6. The van der Waals surface area contributed by atoms with Gasteiger partial charge >= 0.3 is 0 Å². The first-order valence-electron chi connectivity index (χ1n) is 9.40. The summed E-state index contributed by atoms with van der Waals surface area (Å²) in [5.74, 6) is -0.324. The van der Waals surface area contributed by atoms with E-state index in [1.165, 1.54) is 0 Å². The molecule has 2 amide bonds. The number of hydrogen-bond donors (Lipinski definition) is 1. The van der Waals surface area contributed by atoms with Crippen LogP contribution < -0.4 is 10.2 Å². The molecule has 0 saturated carbocycles. The van der Waals surface area contributed by atoms with Crippen molar-refractivity contribution in [1.82, 2.24) is 5.32 Å². The van der Waals surface area contributed by atoms with Gasteiger partial charge in [-0.05, 0) is 48.6 Å². The summed E-state index contributed by atoms with van der Waals surface area (Å²) in [5, 5.41) is 3.68. The number of nitrogens with zero attached hydrogens (tertiary/aromatic N) is 1. The molecule has 1 atom stereocenters. The topological polar surface area (TPSA) is 49.4 Å². The first-order chi connectivity index (χ1) is 13.0. The predicted molar refractivity (Wildman–Crippen MR) is 109 cm³/mol. The number of halogens is 1. The van der Waals surface area contributed by atoms with Crippen LogP contribution in [-0.2, 0) is 22.4 Å². The summed E-state index contributed by atoms with van der Waals surface area (Å²) in [6, 6.07) is 13.7. The smallest absolute Gasteiger partial charge is 0.227 e. The number of rotatable bonds is 6. The molecule has 1 aliphatic heterocycles. The van der Waals surface area contributed by atoms with E-state index in [0.29, 0.717) is 18.1 Å². The molecule has 27 heavy (non-hydrogen) atoms. The fourth-order valence-electron chi connectivity index (χ4n) is 3.62. The first kappa shape index (κ1) is 19.4. The van der Waals surface area contributed by atoms with Crippen LogP contribution in [0, 0.1) is 12.8 Å². The van der Waals surface area contributed by atoms with E-state index in [0.717, 1.165) is 35.2 Å². The lowest BCUT2D eigenvalue weighted by molar-refractivity contribution is -0.126. The summed E-state index contributed by atoms with van der Waals surface area (Å²) in [4.78, 5) is 26.9. The van der Waals surface area contributed by atoms with Gasteiger partial charge in [-0.2, -0.15) is 0 Å². The van der Waals surface area contributed by atoms with E-state index in [-0.39, 0.29) is 24.2 Å². The van der Waals surface area contributed by atoms with Crippen LogP contribution in [0.4, 0.5) is 5.69 Å². The zero-order valence-electron chi connectivity index (χ0n) is 15.8. The molecule has 0 spiro atoms. The van der Waals surface area contributed by atoms with Gasteiger partial charge in [-0.3, -0.25) is 9.59 Å². The highest BCUT2D eigenvalue weighted by Crippen LogP contribution is 2.31. The maximum atomic E-state index is 12.6. The Morgan fingerprint density at radius 1 is 1.22 bits per heavy atom. The Labute approximate surface area is 165 Å². The molecule has 1 aliphatic rings. The number of para-hydroxylation sites is 1. The Balaban J connectivity index is 1.60. The quantitative estimate of drug-likeness (QED) is 0.820. The van der Waals surface area contributed by atoms with E-state index in [1.807, 2.05) is 43.3 Å². The van der Waals surface area contributed by atoms with Crippen molar-refractivity contribution in [3.8, 4) is 0 Å². The molecule has 1 saturated heterocycles. The summed E-state index contributed by atoms with van der Waals surface area (Å²) in [6.45, 7) is 5.10. The third-order valence-electron chi connectivity index (χ3n) is 5.09. The van der Waals surface area contributed by atoms with Crippen molar-refractivity contribution in [3.05, 3.63) is 64.2 Å². The van der Waals surface area contributed by atoms with E-state index in [1.54, 1.807) is 4.90 Å². The van der Waals surface area contributed by atoms with Crippen LogP contribution in [0.25, 0.3) is 0 Å². The minimum atomic E-state index is -0.299. The van der Waals surface area contributed by atoms with Gasteiger partial charge in [0.25, 0.3) is 0 Å². The number of carbonyl (C=O) groups excluding carboxylic acids is 2. The SMILES string of the molecule is CCc1cccc(C)c1N1CC(C(=O)NCCc2ccc(Cl)cc2)CC1=O. The van der Waals surface area contributed by atoms with Crippen LogP contribution in [0.2, 0.25) is 5.02 Å². The van der Waals surface area contributed by atoms with Gasteiger partial charge in [0.2, 0.25) is 11.8 Å². The molecule has 2 aromatic rings. The number of anilines is 1. The van der Waals surface area contributed by atoms with Crippen molar-refractivity contribution in [2.75, 3.05) is 18.0 Å². The summed E-state index contributed by atoms with van der Waals surface area (Å²) >= 11 is 5.89. The number of benzene rings is 2. The second-order valence-electron chi connectivity index (χ2n) is 7.01. The molecule has 0 aromatic heterocycles. The molecule has 1 heterocycles. The zero-order valence-corrected chi connectivity index (χ0v) is 16.6. The average Bonchev–Trinajstić information content (AvgIpc) is 3.04. The number of hydrogen-bond acceptors (Lipinski definition) is 2. The minimum Gasteiger partial charge on any atom is -0.355 e. The fraction of sp³-hybridized carbons (Fsp3) is 0.364. The third-order valence-corrected chi connectivity index (χ3v) is 5.35. The largest absolute Gasteiger partial charge is 0.355 e. The number of carbonyl (C=O) groups is 2. The molecule has 1 N–H and O–H groups in total. The minimum absolute atomic E-state index is 0.0249. The lowest BCUT2D eigenvalue weighted by Gasteiger charge is -2.22. The van der Waals surface area contributed by atoms with Gasteiger partial charge in [-0.25, -0.2) is 0 Å². The first-order valence-corrected chi connectivity index (χ1v) is 9.78. The van der Waals surface area contributed by atoms with Crippen molar-refractivity contribution in [1.29, 1.82) is 0 Å². The highest BCUT2D eigenvalue weighted by Gasteiger charge is 2.36. The zero-order chi connectivity index (χ0) is 19.4. The molecular weight excluding hydrogens is 360 g/mol. The highest BCUT2D eigenvalue weighted by atomic mass is 35.5. The third kappa shape index (κ3) is 4.51. The Kier molecular flexibility index (Phi) is 6.17. The van der Waals surface area contributed by atoms with Crippen LogP contribution in [0.5, 0.6) is 0 Å². The molecule has 1 fully saturated rings. The van der Waals surface area contributed by atoms with Crippen LogP contribution in [0.15, 0.2) is 42.5 Å². The number of aryl methyl sites for hydroxylation is 2. The van der Waals surface area contributed by atoms with E-state index in [2.05, 4.69) is 18.3 Å². The predicted octanol–water partition coefficient (Wildman–Crippen LogP) is 3.92. The van der Waals surface area contributed by atoms with Crippen molar-refractivity contribution in [2.45, 2.75) is 33.1 Å². The molecule has 3 rings (SSSR count). The highest BCUT2D eigenvalue weighted by molar-refractivity contribution is 6.30. The van der Waals surface area contributed by atoms with E-state index in [4.69, 9.17) is 11.6 Å². The second-order valence-corrected chi connectivity index (χ2v) is 7.45. The summed E-state index contributed by atoms with van der Waals surface area (Å²) < 4.78 is 0. The van der Waals surface area contributed by atoms with Crippen LogP contribution in [-0.4, -0.2) is 24.9 Å². The van der Waals surface area contributed by atoms with Crippen molar-refractivity contribution < 1.29 is 9.59 Å².